The van der Waals surface area contributed by atoms with Crippen molar-refractivity contribution >= 4 is 23.8 Å². The van der Waals surface area contributed by atoms with E-state index in [1.54, 1.807) is 0 Å². The van der Waals surface area contributed by atoms with Crippen LogP contribution in [0, 0.1) is 0 Å². The molecule has 6 heteroatoms. The molecule has 0 saturated heterocycles. The molecule has 0 saturated carbocycles. The minimum atomic E-state index is -1.40. The van der Waals surface area contributed by atoms with Crippen LogP contribution in [0.2, 0.25) is 0 Å². The molecule has 1 aromatic carbocycles. The maximum Gasteiger partial charge on any atom is 0.330 e. The fourth-order valence-electron chi connectivity index (χ4n) is 2.51. The Balaban J connectivity index is 2.83. The zero-order chi connectivity index (χ0) is 18.7. The average Bonchev–Trinajstić information content (AvgIpc) is 2.60. The zero-order valence-electron chi connectivity index (χ0n) is 15.1. The van der Waals surface area contributed by atoms with Gasteiger partial charge >= 0.3 is 5.97 Å². The van der Waals surface area contributed by atoms with E-state index in [9.17, 15) is 19.8 Å². The molecular formula is C19H29NO4S. The van der Waals surface area contributed by atoms with Crippen LogP contribution in [0.4, 0.5) is 0 Å². The Hall–Kier alpha value is -1.53. The molecule has 1 amide bonds. The third-order valence-corrected chi connectivity index (χ3v) is 5.51. The summed E-state index contributed by atoms with van der Waals surface area (Å²) in [6, 6.07) is 9.67. The van der Waals surface area contributed by atoms with Gasteiger partial charge in [-0.1, -0.05) is 50.1 Å². The number of carbonyl (C=O) groups excluding carboxylic acids is 1. The number of hydrogen-bond acceptors (Lipinski definition) is 4. The summed E-state index contributed by atoms with van der Waals surface area (Å²) in [7, 11) is 0. The number of benzene rings is 1. The number of aryl methyl sites for hydroxylation is 1. The predicted octanol–water partition coefficient (Wildman–Crippen LogP) is 3.51. The van der Waals surface area contributed by atoms with E-state index in [2.05, 4.69) is 6.92 Å². The van der Waals surface area contributed by atoms with Crippen molar-refractivity contribution in [1.29, 1.82) is 0 Å². The molecule has 0 unspecified atom stereocenters. The van der Waals surface area contributed by atoms with Crippen molar-refractivity contribution < 1.29 is 19.8 Å². The lowest BCUT2D eigenvalue weighted by Gasteiger charge is -2.36. The molecule has 0 aliphatic heterocycles. The molecule has 0 radical (unpaired) electrons. The Morgan fingerprint density at radius 2 is 1.88 bits per heavy atom. The van der Waals surface area contributed by atoms with Gasteiger partial charge in [-0.25, -0.2) is 4.79 Å². The Morgan fingerprint density at radius 1 is 1.20 bits per heavy atom. The minimum Gasteiger partial charge on any atom is -0.479 e. The van der Waals surface area contributed by atoms with Gasteiger partial charge in [-0.3, -0.25) is 9.10 Å². The first-order chi connectivity index (χ1) is 12.0. The Bertz CT molecular complexity index is 537. The second-order valence-electron chi connectivity index (χ2n) is 6.27. The van der Waals surface area contributed by atoms with Gasteiger partial charge in [0.05, 0.1) is 0 Å². The van der Waals surface area contributed by atoms with Crippen LogP contribution < -0.4 is 0 Å². The topological polar surface area (TPSA) is 77.8 Å². The molecule has 1 aromatic rings. The molecule has 0 aliphatic rings. The number of carboxylic acid groups (broad SMARTS) is 1. The summed E-state index contributed by atoms with van der Waals surface area (Å²) in [6.07, 6.45) is 3.87. The van der Waals surface area contributed by atoms with Crippen LogP contribution >= 0.6 is 11.9 Å². The third kappa shape index (κ3) is 6.71. The van der Waals surface area contributed by atoms with Crippen LogP contribution in [-0.2, 0) is 16.0 Å². The number of hydrogen-bond donors (Lipinski definition) is 2. The van der Waals surface area contributed by atoms with Crippen molar-refractivity contribution in [3.8, 4) is 0 Å². The number of carbonyl (C=O) groups is 2. The first-order valence-electron chi connectivity index (χ1n) is 8.79. The van der Waals surface area contributed by atoms with Gasteiger partial charge in [0.15, 0.2) is 5.54 Å². The molecular weight excluding hydrogens is 338 g/mol. The lowest BCUT2D eigenvalue weighted by Crippen LogP contribution is -2.52. The van der Waals surface area contributed by atoms with E-state index >= 15 is 0 Å². The van der Waals surface area contributed by atoms with Crippen LogP contribution in [0.3, 0.4) is 0 Å². The van der Waals surface area contributed by atoms with Crippen molar-refractivity contribution in [2.24, 2.45) is 0 Å². The summed E-state index contributed by atoms with van der Waals surface area (Å²) in [6.45, 7) is 3.33. The quantitative estimate of drug-likeness (QED) is 0.437. The van der Waals surface area contributed by atoms with E-state index in [4.69, 9.17) is 0 Å². The average molecular weight is 368 g/mol. The standard InChI is InChI=1S/C19H29NO4S/c1-3-4-8-15-25-20(19(2,13-14-21)18(23)24)17(22)12-11-16-9-6-5-7-10-16/h5-7,9-10,21H,3-4,8,11-15H2,1-2H3,(H,23,24)/t19-/m0/s1. The normalized spacial score (nSPS) is 13.2. The van der Waals surface area contributed by atoms with Crippen LogP contribution in [-0.4, -0.2) is 44.3 Å². The number of nitrogens with zero attached hydrogens (tertiary/aromatic N) is 1. The predicted molar refractivity (Wildman–Crippen MR) is 101 cm³/mol. The van der Waals surface area contributed by atoms with Gasteiger partial charge in [-0.05, 0) is 37.3 Å². The van der Waals surface area contributed by atoms with E-state index in [-0.39, 0.29) is 25.4 Å². The van der Waals surface area contributed by atoms with Gasteiger partial charge in [0.25, 0.3) is 0 Å². The first kappa shape index (κ1) is 21.5. The van der Waals surface area contributed by atoms with E-state index < -0.39 is 11.5 Å². The highest BCUT2D eigenvalue weighted by atomic mass is 32.2. The van der Waals surface area contributed by atoms with Crippen molar-refractivity contribution in [3.63, 3.8) is 0 Å². The van der Waals surface area contributed by atoms with Crippen molar-refractivity contribution in [1.82, 2.24) is 4.31 Å². The van der Waals surface area contributed by atoms with Crippen molar-refractivity contribution in [2.75, 3.05) is 12.4 Å². The number of amides is 1. The molecule has 0 heterocycles. The van der Waals surface area contributed by atoms with E-state index in [1.165, 1.54) is 23.2 Å². The largest absolute Gasteiger partial charge is 0.479 e. The molecule has 1 atom stereocenters. The molecule has 5 nitrogen and oxygen atoms in total. The van der Waals surface area contributed by atoms with E-state index in [0.717, 1.165) is 24.8 Å². The Kier molecular flexibility index (Phi) is 9.60. The summed E-state index contributed by atoms with van der Waals surface area (Å²) in [4.78, 5) is 24.6. The lowest BCUT2D eigenvalue weighted by molar-refractivity contribution is -0.153. The lowest BCUT2D eigenvalue weighted by atomic mass is 9.97. The zero-order valence-corrected chi connectivity index (χ0v) is 15.9. The van der Waals surface area contributed by atoms with Crippen molar-refractivity contribution in [3.05, 3.63) is 35.9 Å². The smallest absolute Gasteiger partial charge is 0.330 e. The first-order valence-corrected chi connectivity index (χ1v) is 9.74. The second kappa shape index (κ2) is 11.2. The molecule has 2 N–H and O–H groups in total. The van der Waals surface area contributed by atoms with Gasteiger partial charge in [0.2, 0.25) is 5.91 Å². The SMILES string of the molecule is CCCCCSN(C(=O)CCc1ccccc1)[C@@](C)(CCO)C(=O)O. The molecule has 1 rings (SSSR count). The molecule has 0 aliphatic carbocycles. The highest BCUT2D eigenvalue weighted by Crippen LogP contribution is 2.30. The number of rotatable bonds is 12. The van der Waals surface area contributed by atoms with Gasteiger partial charge < -0.3 is 10.2 Å². The number of aliphatic carboxylic acids is 1. The molecule has 0 bridgehead atoms. The van der Waals surface area contributed by atoms with Gasteiger partial charge in [0, 0.05) is 25.2 Å². The molecule has 140 valence electrons. The Morgan fingerprint density at radius 3 is 2.44 bits per heavy atom. The van der Waals surface area contributed by atoms with E-state index in [1.807, 2.05) is 30.3 Å². The van der Waals surface area contributed by atoms with Crippen molar-refractivity contribution in [2.45, 2.75) is 57.9 Å². The summed E-state index contributed by atoms with van der Waals surface area (Å²) >= 11 is 1.27. The number of aliphatic hydroxyl groups is 1. The molecule has 0 aromatic heterocycles. The highest BCUT2D eigenvalue weighted by molar-refractivity contribution is 7.97. The van der Waals surface area contributed by atoms with Crippen LogP contribution in [0.5, 0.6) is 0 Å². The van der Waals surface area contributed by atoms with E-state index in [0.29, 0.717) is 12.2 Å². The summed E-state index contributed by atoms with van der Waals surface area (Å²) < 4.78 is 1.38. The summed E-state index contributed by atoms with van der Waals surface area (Å²) in [5, 5.41) is 18.9. The van der Waals surface area contributed by atoms with Gasteiger partial charge in [0.1, 0.15) is 0 Å². The summed E-state index contributed by atoms with van der Waals surface area (Å²) in [5.74, 6) is -0.597. The number of aliphatic hydroxyl groups excluding tert-OH is 1. The summed E-state index contributed by atoms with van der Waals surface area (Å²) in [5.41, 5.74) is -0.356. The molecule has 0 spiro atoms. The number of carboxylic acids is 1. The maximum atomic E-state index is 12.8. The minimum absolute atomic E-state index is 0.0141. The van der Waals surface area contributed by atoms with Gasteiger partial charge in [-0.2, -0.15) is 0 Å². The highest BCUT2D eigenvalue weighted by Gasteiger charge is 2.42. The fourth-order valence-corrected chi connectivity index (χ4v) is 3.71. The Labute approximate surface area is 154 Å². The monoisotopic (exact) mass is 367 g/mol. The van der Waals surface area contributed by atoms with Crippen LogP contribution in [0.1, 0.15) is 51.5 Å². The molecule has 0 fully saturated rings. The molecule has 25 heavy (non-hydrogen) atoms. The third-order valence-electron chi connectivity index (χ3n) is 4.17. The second-order valence-corrected chi connectivity index (χ2v) is 7.30. The number of unbranched alkanes of at least 4 members (excludes halogenated alkanes) is 2. The van der Waals surface area contributed by atoms with Crippen LogP contribution in [0.15, 0.2) is 30.3 Å². The maximum absolute atomic E-state index is 12.8. The van der Waals surface area contributed by atoms with Crippen LogP contribution in [0.25, 0.3) is 0 Å². The fraction of sp³-hybridized carbons (Fsp3) is 0.579. The van der Waals surface area contributed by atoms with Gasteiger partial charge in [-0.15, -0.1) is 0 Å².